The molecule has 0 spiro atoms. The molecule has 0 radical (unpaired) electrons. The summed E-state index contributed by atoms with van der Waals surface area (Å²) in [5.74, 6) is 0.766. The molecule has 2 N–H and O–H groups in total. The second-order valence-electron chi connectivity index (χ2n) is 9.20. The fourth-order valence-electron chi connectivity index (χ4n) is 4.20. The standard InChI is InChI=1S/C32H32ClFN2O3/c1-22-26(9-6-10-30(22)24-7-4-3-5-8-24)20-38-29-13-11-25(19-35-15-16-36-23(2)37)32(18-29)39-21-27-17-28(33)12-14-31(27)34/h3-14,17-18,35H,15-16,19-21H2,1-2H3,(H,36,37). The Morgan fingerprint density at radius 2 is 1.64 bits per heavy atom. The molecule has 1 amide bonds. The molecule has 4 aromatic rings. The molecule has 4 rings (SSSR count). The lowest BCUT2D eigenvalue weighted by Crippen LogP contribution is -2.30. The first-order chi connectivity index (χ1) is 18.9. The Balaban J connectivity index is 1.49. The summed E-state index contributed by atoms with van der Waals surface area (Å²) in [6.07, 6.45) is 0. The number of ether oxygens (including phenoxy) is 2. The van der Waals surface area contributed by atoms with Crippen LogP contribution in [0.1, 0.15) is 29.2 Å². The van der Waals surface area contributed by atoms with Crippen molar-refractivity contribution in [2.45, 2.75) is 33.6 Å². The van der Waals surface area contributed by atoms with Gasteiger partial charge < -0.3 is 20.1 Å². The van der Waals surface area contributed by atoms with E-state index in [-0.39, 0.29) is 18.3 Å². The minimum absolute atomic E-state index is 0.0208. The van der Waals surface area contributed by atoms with Gasteiger partial charge in [-0.25, -0.2) is 4.39 Å². The van der Waals surface area contributed by atoms with E-state index in [0.29, 0.717) is 48.3 Å². The number of hydrogen-bond donors (Lipinski definition) is 2. The highest BCUT2D eigenvalue weighted by atomic mass is 35.5. The zero-order valence-electron chi connectivity index (χ0n) is 22.1. The van der Waals surface area contributed by atoms with Gasteiger partial charge in [-0.15, -0.1) is 0 Å². The normalized spacial score (nSPS) is 10.8. The lowest BCUT2D eigenvalue weighted by Gasteiger charge is -2.16. The summed E-state index contributed by atoms with van der Waals surface area (Å²) >= 11 is 6.06. The van der Waals surface area contributed by atoms with Crippen LogP contribution in [0.25, 0.3) is 11.1 Å². The molecule has 0 bridgehead atoms. The molecular formula is C32H32ClFN2O3. The molecule has 202 valence electrons. The van der Waals surface area contributed by atoms with E-state index < -0.39 is 0 Å². The van der Waals surface area contributed by atoms with E-state index in [9.17, 15) is 9.18 Å². The molecule has 7 heteroatoms. The summed E-state index contributed by atoms with van der Waals surface area (Å²) < 4.78 is 26.5. The number of carbonyl (C=O) groups excluding carboxylic acids is 1. The van der Waals surface area contributed by atoms with Gasteiger partial charge in [0.15, 0.2) is 0 Å². The van der Waals surface area contributed by atoms with Crippen LogP contribution in [0, 0.1) is 12.7 Å². The topological polar surface area (TPSA) is 59.6 Å². The van der Waals surface area contributed by atoms with Gasteiger partial charge in [-0.05, 0) is 53.4 Å². The minimum Gasteiger partial charge on any atom is -0.489 e. The van der Waals surface area contributed by atoms with Gasteiger partial charge in [-0.2, -0.15) is 0 Å². The first-order valence-corrected chi connectivity index (χ1v) is 13.2. The van der Waals surface area contributed by atoms with Crippen LogP contribution in [0.4, 0.5) is 4.39 Å². The van der Waals surface area contributed by atoms with Gasteiger partial charge in [0.2, 0.25) is 5.91 Å². The summed E-state index contributed by atoms with van der Waals surface area (Å²) in [6, 6.07) is 26.5. The molecule has 0 aliphatic rings. The van der Waals surface area contributed by atoms with E-state index in [2.05, 4.69) is 41.8 Å². The number of nitrogens with one attached hydrogen (secondary N) is 2. The predicted octanol–water partition coefficient (Wildman–Crippen LogP) is 6.84. The van der Waals surface area contributed by atoms with Crippen molar-refractivity contribution in [3.8, 4) is 22.6 Å². The molecule has 0 saturated carbocycles. The van der Waals surface area contributed by atoms with E-state index in [1.54, 1.807) is 6.07 Å². The average Bonchev–Trinajstić information content (AvgIpc) is 2.93. The van der Waals surface area contributed by atoms with Crippen LogP contribution in [0.2, 0.25) is 5.02 Å². The van der Waals surface area contributed by atoms with Gasteiger partial charge in [-0.1, -0.05) is 66.2 Å². The molecule has 5 nitrogen and oxygen atoms in total. The monoisotopic (exact) mass is 546 g/mol. The van der Waals surface area contributed by atoms with Crippen molar-refractivity contribution in [3.05, 3.63) is 118 Å². The van der Waals surface area contributed by atoms with E-state index in [1.807, 2.05) is 42.5 Å². The summed E-state index contributed by atoms with van der Waals surface area (Å²) in [5.41, 5.74) is 5.84. The van der Waals surface area contributed by atoms with E-state index in [0.717, 1.165) is 22.3 Å². The molecule has 0 aliphatic carbocycles. The van der Waals surface area contributed by atoms with Crippen LogP contribution in [0.5, 0.6) is 11.5 Å². The third kappa shape index (κ3) is 8.06. The van der Waals surface area contributed by atoms with Crippen LogP contribution in [0.3, 0.4) is 0 Å². The molecular weight excluding hydrogens is 515 g/mol. The lowest BCUT2D eigenvalue weighted by atomic mass is 9.97. The zero-order valence-corrected chi connectivity index (χ0v) is 22.9. The largest absolute Gasteiger partial charge is 0.489 e. The Hall–Kier alpha value is -3.87. The van der Waals surface area contributed by atoms with E-state index >= 15 is 0 Å². The zero-order chi connectivity index (χ0) is 27.6. The highest BCUT2D eigenvalue weighted by Gasteiger charge is 2.11. The Morgan fingerprint density at radius 3 is 2.44 bits per heavy atom. The second kappa shape index (κ2) is 13.8. The molecule has 0 heterocycles. The summed E-state index contributed by atoms with van der Waals surface area (Å²) in [4.78, 5) is 11.1. The average molecular weight is 547 g/mol. The number of rotatable bonds is 12. The van der Waals surface area contributed by atoms with Crippen LogP contribution in [-0.4, -0.2) is 19.0 Å². The van der Waals surface area contributed by atoms with Crippen molar-refractivity contribution in [2.75, 3.05) is 13.1 Å². The molecule has 0 atom stereocenters. The maximum absolute atomic E-state index is 14.3. The van der Waals surface area contributed by atoms with Crippen molar-refractivity contribution in [2.24, 2.45) is 0 Å². The van der Waals surface area contributed by atoms with Gasteiger partial charge in [0, 0.05) is 48.8 Å². The lowest BCUT2D eigenvalue weighted by molar-refractivity contribution is -0.118. The van der Waals surface area contributed by atoms with Crippen molar-refractivity contribution >= 4 is 17.5 Å². The number of halogens is 2. The quantitative estimate of drug-likeness (QED) is 0.191. The van der Waals surface area contributed by atoms with Gasteiger partial charge >= 0.3 is 0 Å². The van der Waals surface area contributed by atoms with Crippen molar-refractivity contribution in [3.63, 3.8) is 0 Å². The first-order valence-electron chi connectivity index (χ1n) is 12.8. The first kappa shape index (κ1) is 28.1. The maximum atomic E-state index is 14.3. The fourth-order valence-corrected chi connectivity index (χ4v) is 4.39. The highest BCUT2D eigenvalue weighted by molar-refractivity contribution is 6.30. The van der Waals surface area contributed by atoms with Crippen molar-refractivity contribution < 1.29 is 18.7 Å². The Morgan fingerprint density at radius 1 is 0.846 bits per heavy atom. The molecule has 4 aromatic carbocycles. The smallest absolute Gasteiger partial charge is 0.216 e. The Labute approximate surface area is 233 Å². The van der Waals surface area contributed by atoms with Crippen molar-refractivity contribution in [1.29, 1.82) is 0 Å². The molecule has 0 aliphatic heterocycles. The van der Waals surface area contributed by atoms with Crippen molar-refractivity contribution in [1.82, 2.24) is 10.6 Å². The summed E-state index contributed by atoms with van der Waals surface area (Å²) in [6.45, 7) is 5.62. The van der Waals surface area contributed by atoms with Crippen LogP contribution >= 0.6 is 11.6 Å². The summed E-state index contributed by atoms with van der Waals surface area (Å²) in [7, 11) is 0. The van der Waals surface area contributed by atoms with Crippen LogP contribution in [-0.2, 0) is 24.6 Å². The number of hydrogen-bond acceptors (Lipinski definition) is 4. The predicted molar refractivity (Wildman–Crippen MR) is 154 cm³/mol. The number of carbonyl (C=O) groups is 1. The molecule has 0 saturated heterocycles. The third-order valence-corrected chi connectivity index (χ3v) is 6.58. The number of amides is 1. The van der Waals surface area contributed by atoms with Gasteiger partial charge in [-0.3, -0.25) is 4.79 Å². The van der Waals surface area contributed by atoms with Crippen LogP contribution < -0.4 is 20.1 Å². The van der Waals surface area contributed by atoms with Gasteiger partial charge in [0.05, 0.1) is 0 Å². The second-order valence-corrected chi connectivity index (χ2v) is 9.63. The summed E-state index contributed by atoms with van der Waals surface area (Å²) in [5, 5.41) is 6.49. The Kier molecular flexibility index (Phi) is 9.95. The molecule has 39 heavy (non-hydrogen) atoms. The minimum atomic E-state index is -0.379. The fraction of sp³-hybridized carbons (Fsp3) is 0.219. The van der Waals surface area contributed by atoms with Gasteiger partial charge in [0.25, 0.3) is 0 Å². The molecule has 0 unspecified atom stereocenters. The Bertz CT molecular complexity index is 1410. The molecule has 0 fully saturated rings. The van der Waals surface area contributed by atoms with Crippen LogP contribution in [0.15, 0.2) is 84.9 Å². The number of benzene rings is 4. The third-order valence-electron chi connectivity index (χ3n) is 6.35. The molecule has 0 aromatic heterocycles. The van der Waals surface area contributed by atoms with E-state index in [4.69, 9.17) is 21.1 Å². The maximum Gasteiger partial charge on any atom is 0.216 e. The van der Waals surface area contributed by atoms with E-state index in [1.165, 1.54) is 24.6 Å². The SMILES string of the molecule is CC(=O)NCCNCc1ccc(OCc2cccc(-c3ccccc3)c2C)cc1OCc1cc(Cl)ccc1F. The van der Waals surface area contributed by atoms with Gasteiger partial charge in [0.1, 0.15) is 30.5 Å². The highest BCUT2D eigenvalue weighted by Crippen LogP contribution is 2.29.